The van der Waals surface area contributed by atoms with Crippen LogP contribution in [0.15, 0.2) is 0 Å². The SMILES string of the molecule is [B]OC(COS)COS. The Morgan fingerprint density at radius 3 is 1.89 bits per heavy atom. The molecule has 0 aliphatic heterocycles. The molecule has 0 unspecified atom stereocenters. The van der Waals surface area contributed by atoms with E-state index in [2.05, 4.69) is 38.8 Å². The summed E-state index contributed by atoms with van der Waals surface area (Å²) in [5.41, 5.74) is 0. The predicted molar refractivity (Wildman–Crippen MR) is 40.5 cm³/mol. The highest BCUT2D eigenvalue weighted by molar-refractivity contribution is 7.75. The van der Waals surface area contributed by atoms with Crippen LogP contribution >= 0.6 is 25.8 Å². The molecule has 0 aromatic heterocycles. The normalized spacial score (nSPS) is 10.6. The molecule has 0 fully saturated rings. The Morgan fingerprint density at radius 2 is 1.67 bits per heavy atom. The first kappa shape index (κ1) is 9.64. The van der Waals surface area contributed by atoms with Crippen LogP contribution in [-0.2, 0) is 13.0 Å². The lowest BCUT2D eigenvalue weighted by molar-refractivity contribution is 0.109. The second-order valence-electron chi connectivity index (χ2n) is 1.35. The van der Waals surface area contributed by atoms with Gasteiger partial charge in [-0.3, -0.25) is 0 Å². The monoisotopic (exact) mass is 166 g/mol. The van der Waals surface area contributed by atoms with Crippen molar-refractivity contribution in [3.8, 4) is 0 Å². The zero-order valence-electron chi connectivity index (χ0n) is 4.69. The summed E-state index contributed by atoms with van der Waals surface area (Å²) in [7, 11) is 4.82. The lowest BCUT2D eigenvalue weighted by Crippen LogP contribution is -2.21. The van der Waals surface area contributed by atoms with Crippen LogP contribution in [0.2, 0.25) is 0 Å². The molecular formula is C3H7BO3S2. The largest absolute Gasteiger partial charge is 0.441 e. The standard InChI is InChI=1S/C3H7BO3S2/c4-7-3(1-5-8)2-6-9/h3,8-9H,1-2H2. The Labute approximate surface area is 66.7 Å². The fourth-order valence-electron chi connectivity index (χ4n) is 0.293. The average Bonchev–Trinajstić information content (AvgIpc) is 1.88. The molecule has 0 aliphatic rings. The summed E-state index contributed by atoms with van der Waals surface area (Å²) in [6, 6.07) is 0. The molecule has 0 saturated heterocycles. The van der Waals surface area contributed by atoms with Crippen molar-refractivity contribution < 1.29 is 13.0 Å². The molecule has 0 spiro atoms. The molecule has 0 rings (SSSR count). The fourth-order valence-corrected chi connectivity index (χ4v) is 0.625. The van der Waals surface area contributed by atoms with Gasteiger partial charge < -0.3 is 13.0 Å². The number of hydrogen-bond acceptors (Lipinski definition) is 5. The van der Waals surface area contributed by atoms with Crippen molar-refractivity contribution in [2.45, 2.75) is 6.10 Å². The van der Waals surface area contributed by atoms with Crippen LogP contribution in [0.1, 0.15) is 0 Å². The molecule has 0 aliphatic carbocycles. The minimum Gasteiger partial charge on any atom is -0.441 e. The van der Waals surface area contributed by atoms with Gasteiger partial charge in [-0.25, -0.2) is 0 Å². The molecule has 0 N–H and O–H groups in total. The molecule has 0 amide bonds. The van der Waals surface area contributed by atoms with Gasteiger partial charge in [0.25, 0.3) is 8.05 Å². The summed E-state index contributed by atoms with van der Waals surface area (Å²) < 4.78 is 13.2. The zero-order valence-corrected chi connectivity index (χ0v) is 6.48. The third-order valence-corrected chi connectivity index (χ3v) is 1.01. The molecule has 2 radical (unpaired) electrons. The van der Waals surface area contributed by atoms with E-state index in [0.717, 1.165) is 0 Å². The van der Waals surface area contributed by atoms with E-state index in [-0.39, 0.29) is 19.3 Å². The Kier molecular flexibility index (Phi) is 7.25. The highest BCUT2D eigenvalue weighted by Gasteiger charge is 2.04. The van der Waals surface area contributed by atoms with E-state index in [9.17, 15) is 0 Å². The lowest BCUT2D eigenvalue weighted by atomic mass is 10.4. The molecule has 0 bridgehead atoms. The van der Waals surface area contributed by atoms with Gasteiger partial charge in [0, 0.05) is 0 Å². The van der Waals surface area contributed by atoms with E-state index in [1.54, 1.807) is 0 Å². The molecule has 0 aromatic rings. The second kappa shape index (κ2) is 6.76. The molecule has 3 nitrogen and oxygen atoms in total. The topological polar surface area (TPSA) is 27.7 Å². The van der Waals surface area contributed by atoms with E-state index in [1.165, 1.54) is 0 Å². The summed E-state index contributed by atoms with van der Waals surface area (Å²) >= 11 is 6.98. The van der Waals surface area contributed by atoms with Crippen molar-refractivity contribution >= 4 is 33.9 Å². The Hall–Kier alpha value is 0.645. The molecule has 52 valence electrons. The van der Waals surface area contributed by atoms with E-state index >= 15 is 0 Å². The number of rotatable bonds is 5. The van der Waals surface area contributed by atoms with Crippen molar-refractivity contribution in [1.29, 1.82) is 0 Å². The highest BCUT2D eigenvalue weighted by Crippen LogP contribution is 1.94. The Bertz CT molecular complexity index is 59.0. The predicted octanol–water partition coefficient (Wildman–Crippen LogP) is 0.178. The quantitative estimate of drug-likeness (QED) is 0.346. The maximum atomic E-state index is 4.82. The van der Waals surface area contributed by atoms with E-state index in [1.807, 2.05) is 0 Å². The van der Waals surface area contributed by atoms with E-state index < -0.39 is 0 Å². The van der Waals surface area contributed by atoms with Crippen LogP contribution in [-0.4, -0.2) is 27.4 Å². The van der Waals surface area contributed by atoms with Gasteiger partial charge in [-0.15, -0.1) is 0 Å². The van der Waals surface area contributed by atoms with Crippen LogP contribution in [0.5, 0.6) is 0 Å². The minimum atomic E-state index is -0.306. The summed E-state index contributed by atoms with van der Waals surface area (Å²) in [5, 5.41) is 0. The molecule has 0 aromatic carbocycles. The fraction of sp³-hybridized carbons (Fsp3) is 1.00. The van der Waals surface area contributed by atoms with Gasteiger partial charge in [0.15, 0.2) is 0 Å². The van der Waals surface area contributed by atoms with Crippen LogP contribution in [0.25, 0.3) is 0 Å². The van der Waals surface area contributed by atoms with Crippen molar-refractivity contribution in [3.05, 3.63) is 0 Å². The summed E-state index contributed by atoms with van der Waals surface area (Å²) in [4.78, 5) is 0. The first-order chi connectivity index (χ1) is 4.35. The molecule has 0 saturated carbocycles. The van der Waals surface area contributed by atoms with Crippen molar-refractivity contribution in [3.63, 3.8) is 0 Å². The van der Waals surface area contributed by atoms with Crippen LogP contribution in [0.4, 0.5) is 0 Å². The van der Waals surface area contributed by atoms with Gasteiger partial charge in [0.05, 0.1) is 19.3 Å². The van der Waals surface area contributed by atoms with Gasteiger partial charge in [-0.2, -0.15) is 0 Å². The van der Waals surface area contributed by atoms with Crippen LogP contribution in [0.3, 0.4) is 0 Å². The summed E-state index contributed by atoms with van der Waals surface area (Å²) in [6.07, 6.45) is -0.306. The van der Waals surface area contributed by atoms with Gasteiger partial charge in [-0.05, 0) is 25.8 Å². The first-order valence-electron chi connectivity index (χ1n) is 2.23. The zero-order chi connectivity index (χ0) is 7.11. The maximum Gasteiger partial charge on any atom is 0.283 e. The van der Waals surface area contributed by atoms with Crippen LogP contribution < -0.4 is 0 Å². The van der Waals surface area contributed by atoms with Gasteiger partial charge in [-0.1, -0.05) is 0 Å². The summed E-state index contributed by atoms with van der Waals surface area (Å²) in [6.45, 7) is 0.556. The average molecular weight is 166 g/mol. The Morgan fingerprint density at radius 1 is 1.22 bits per heavy atom. The molecule has 0 heterocycles. The van der Waals surface area contributed by atoms with Gasteiger partial charge in [0.1, 0.15) is 0 Å². The van der Waals surface area contributed by atoms with E-state index in [4.69, 9.17) is 8.05 Å². The third kappa shape index (κ3) is 5.11. The maximum absolute atomic E-state index is 4.82. The van der Waals surface area contributed by atoms with E-state index in [0.29, 0.717) is 0 Å². The Balaban J connectivity index is 3.18. The molecule has 0 atom stereocenters. The number of thiol groups is 2. The smallest absolute Gasteiger partial charge is 0.283 e. The van der Waals surface area contributed by atoms with Crippen molar-refractivity contribution in [2.75, 3.05) is 13.2 Å². The molecular weight excluding hydrogens is 159 g/mol. The van der Waals surface area contributed by atoms with Gasteiger partial charge in [0.2, 0.25) is 0 Å². The molecule has 9 heavy (non-hydrogen) atoms. The third-order valence-electron chi connectivity index (χ3n) is 0.713. The van der Waals surface area contributed by atoms with Crippen molar-refractivity contribution in [2.24, 2.45) is 0 Å². The first-order valence-corrected chi connectivity index (χ1v) is 2.96. The molecule has 6 heteroatoms. The van der Waals surface area contributed by atoms with Gasteiger partial charge >= 0.3 is 0 Å². The summed E-state index contributed by atoms with van der Waals surface area (Å²) in [5.74, 6) is 0. The van der Waals surface area contributed by atoms with Crippen molar-refractivity contribution in [1.82, 2.24) is 0 Å². The minimum absolute atomic E-state index is 0.278. The van der Waals surface area contributed by atoms with Crippen LogP contribution in [0, 0.1) is 0 Å². The lowest BCUT2D eigenvalue weighted by Gasteiger charge is -2.11. The second-order valence-corrected chi connectivity index (χ2v) is 1.87. The number of hydrogen-bond donors (Lipinski definition) is 2. The highest BCUT2D eigenvalue weighted by atomic mass is 32.1.